The van der Waals surface area contributed by atoms with Crippen LogP contribution in [0.2, 0.25) is 0 Å². The van der Waals surface area contributed by atoms with Gasteiger partial charge in [0.25, 0.3) is 0 Å². The van der Waals surface area contributed by atoms with E-state index in [0.717, 1.165) is 78.0 Å². The summed E-state index contributed by atoms with van der Waals surface area (Å²) in [5.41, 5.74) is 15.3. The molecule has 0 aliphatic heterocycles. The molecule has 72 heavy (non-hydrogen) atoms. The average Bonchev–Trinajstić information content (AvgIpc) is 3.80. The van der Waals surface area contributed by atoms with Gasteiger partial charge in [0, 0.05) is 78.7 Å². The third-order valence-corrected chi connectivity index (χ3v) is 13.4. The number of hydrogen-bond donors (Lipinski definition) is 2. The fourth-order valence-corrected chi connectivity index (χ4v) is 9.32. The van der Waals surface area contributed by atoms with E-state index in [4.69, 9.17) is 29.9 Å². The van der Waals surface area contributed by atoms with E-state index >= 15 is 0 Å². The summed E-state index contributed by atoms with van der Waals surface area (Å²) < 4.78 is 4.11. The first-order valence-electron chi connectivity index (χ1n) is 24.0. The van der Waals surface area contributed by atoms with E-state index in [9.17, 15) is 10.2 Å². The Kier molecular flexibility index (Phi) is 14.4. The first-order chi connectivity index (χ1) is 32.7. The van der Waals surface area contributed by atoms with Crippen molar-refractivity contribution in [2.45, 2.75) is 119 Å². The van der Waals surface area contributed by atoms with E-state index in [0.29, 0.717) is 45.6 Å². The zero-order chi connectivity index (χ0) is 50.6. The van der Waals surface area contributed by atoms with Crippen molar-refractivity contribution >= 4 is 22.1 Å². The molecule has 9 rings (SSSR count). The molecule has 0 radical (unpaired) electrons. The summed E-state index contributed by atoms with van der Waals surface area (Å²) in [6.45, 7) is 29.8. The summed E-state index contributed by atoms with van der Waals surface area (Å²) in [6.07, 6.45) is 1.55. The van der Waals surface area contributed by atoms with Crippen LogP contribution in [0, 0.1) is 26.0 Å². The van der Waals surface area contributed by atoms with Crippen LogP contribution in [0.15, 0.2) is 85.2 Å². The molecule has 0 unspecified atom stereocenters. The molecule has 0 fully saturated rings. The SMILES string of the molecule is Cc1cc(-c2cccc3c2nc(-c2cc(C(C)(C)C)cc(C(C)(C)C)c2O)n3C)[c-]c(-c2cc(-c3[c-]c(-c4cccc5c4nc(-c4cc(C(C)(C)C)cc(C(C)(C)C)c4O)n5C)nc(C)c3)ncn2)n1.[Pt].[Pt]. The summed E-state index contributed by atoms with van der Waals surface area (Å²) in [7, 11) is 3.99. The molecule has 0 atom stereocenters. The van der Waals surface area contributed by atoms with E-state index in [-0.39, 0.29) is 75.3 Å². The third kappa shape index (κ3) is 9.98. The number of para-hydroxylation sites is 2. The van der Waals surface area contributed by atoms with Crippen LogP contribution in [0.5, 0.6) is 11.5 Å². The Morgan fingerprint density at radius 2 is 0.889 bits per heavy atom. The van der Waals surface area contributed by atoms with Crippen LogP contribution in [0.3, 0.4) is 0 Å². The van der Waals surface area contributed by atoms with Gasteiger partial charge in [-0.05, 0) is 99.2 Å². The molecule has 0 saturated carbocycles. The predicted molar refractivity (Wildman–Crippen MR) is 284 cm³/mol. The predicted octanol–water partition coefficient (Wildman–Crippen LogP) is 13.9. The molecule has 10 nitrogen and oxygen atoms in total. The second-order valence-electron chi connectivity index (χ2n) is 23.0. The van der Waals surface area contributed by atoms with Gasteiger partial charge in [0.15, 0.2) is 0 Å². The minimum Gasteiger partial charge on any atom is -0.507 e. The number of rotatable bonds is 6. The number of aromatic nitrogens is 8. The van der Waals surface area contributed by atoms with Gasteiger partial charge in [0.2, 0.25) is 0 Å². The summed E-state index contributed by atoms with van der Waals surface area (Å²) >= 11 is 0. The van der Waals surface area contributed by atoms with E-state index in [1.807, 2.05) is 75.0 Å². The Balaban J connectivity index is 0.00000380. The summed E-state index contributed by atoms with van der Waals surface area (Å²) in [6, 6.07) is 33.7. The molecule has 0 aliphatic carbocycles. The number of phenolic OH excluding ortho intramolecular Hbond substituents is 2. The van der Waals surface area contributed by atoms with E-state index in [1.54, 1.807) is 6.33 Å². The van der Waals surface area contributed by atoms with Gasteiger partial charge in [-0.2, -0.15) is 0 Å². The van der Waals surface area contributed by atoms with Crippen LogP contribution >= 0.6 is 0 Å². The van der Waals surface area contributed by atoms with Gasteiger partial charge in [-0.25, -0.2) is 9.97 Å². The van der Waals surface area contributed by atoms with Crippen molar-refractivity contribution in [1.82, 2.24) is 39.0 Å². The van der Waals surface area contributed by atoms with Crippen LogP contribution in [0.25, 0.3) is 89.9 Å². The van der Waals surface area contributed by atoms with Crippen LogP contribution in [0.4, 0.5) is 0 Å². The van der Waals surface area contributed by atoms with Crippen molar-refractivity contribution in [2.24, 2.45) is 14.1 Å². The zero-order valence-electron chi connectivity index (χ0n) is 44.2. The number of phenols is 2. The normalized spacial score (nSPS) is 12.3. The Labute approximate surface area is 453 Å². The number of fused-ring (bicyclic) bond motifs is 2. The monoisotopic (exact) mass is 1320 g/mol. The summed E-state index contributed by atoms with van der Waals surface area (Å²) in [5.74, 6) is 1.85. The smallest absolute Gasteiger partial charge is 0.143 e. The third-order valence-electron chi connectivity index (χ3n) is 13.4. The molecule has 12 heteroatoms. The van der Waals surface area contributed by atoms with Crippen LogP contribution in [0.1, 0.15) is 117 Å². The number of nitrogens with zero attached hydrogens (tertiary/aromatic N) is 8. The molecule has 2 N–H and O–H groups in total. The molecular weight excluding hydrogens is 1250 g/mol. The number of pyridine rings is 2. The molecule has 0 amide bonds. The van der Waals surface area contributed by atoms with Crippen molar-refractivity contribution < 1.29 is 52.3 Å². The topological polar surface area (TPSA) is 128 Å². The quantitative estimate of drug-likeness (QED) is 0.158. The van der Waals surface area contributed by atoms with Gasteiger partial charge in [-0.3, -0.25) is 19.9 Å². The number of aromatic hydroxyl groups is 2. The first-order valence-corrected chi connectivity index (χ1v) is 24.0. The van der Waals surface area contributed by atoms with Crippen molar-refractivity contribution in [3.63, 3.8) is 0 Å². The van der Waals surface area contributed by atoms with E-state index < -0.39 is 0 Å². The average molecular weight is 1320 g/mol. The zero-order valence-corrected chi connectivity index (χ0v) is 48.7. The number of aryl methyl sites for hydroxylation is 4. The molecule has 9 aromatic rings. The molecule has 378 valence electrons. The fraction of sp³-hybridized carbons (Fsp3) is 0.333. The molecule has 0 saturated heterocycles. The van der Waals surface area contributed by atoms with Crippen LogP contribution in [-0.2, 0) is 77.9 Å². The minimum atomic E-state index is -0.286. The van der Waals surface area contributed by atoms with Gasteiger partial charge in [0.1, 0.15) is 23.1 Å². The number of benzene rings is 4. The largest absolute Gasteiger partial charge is 0.507 e. The number of imidazole rings is 2. The summed E-state index contributed by atoms with van der Waals surface area (Å²) in [5, 5.41) is 23.7. The van der Waals surface area contributed by atoms with Gasteiger partial charge in [-0.15, -0.1) is 35.4 Å². The summed E-state index contributed by atoms with van der Waals surface area (Å²) in [4.78, 5) is 29.9. The van der Waals surface area contributed by atoms with E-state index in [2.05, 4.69) is 136 Å². The number of hydrogen-bond acceptors (Lipinski definition) is 8. The van der Waals surface area contributed by atoms with Crippen molar-refractivity contribution in [1.29, 1.82) is 0 Å². The Bertz CT molecular complexity index is 3330. The second kappa shape index (κ2) is 19.2. The standard InChI is InChI=1S/C60H64N8O2.2Pt/c1-33-23-35(39-19-17-21-49-51(39)65-55(67(49)15)41-27-37(57(3,4)5)29-43(53(41)69)59(9,10)11)25-48(64-33)47-31-45(61-32-62-47)36-24-34(2)63-46(26-36)40-20-18-22-50-52(40)66-56(68(50)16)42-28-38(58(6,7)8)30-44(54(42)70)60(12,13)14;;/h17-24,27-32,69-70H,1-16H3;;/q-2;;. The maximum absolute atomic E-state index is 11.9. The Morgan fingerprint density at radius 3 is 1.38 bits per heavy atom. The van der Waals surface area contributed by atoms with Crippen molar-refractivity contribution in [2.75, 3.05) is 0 Å². The molecule has 4 aromatic carbocycles. The molecule has 0 spiro atoms. The van der Waals surface area contributed by atoms with Gasteiger partial charge in [0.05, 0.1) is 39.5 Å². The second-order valence-corrected chi connectivity index (χ2v) is 23.0. The van der Waals surface area contributed by atoms with Gasteiger partial charge >= 0.3 is 0 Å². The van der Waals surface area contributed by atoms with Crippen molar-refractivity contribution in [3.8, 4) is 79.3 Å². The maximum Gasteiger partial charge on any atom is 0.143 e. The minimum absolute atomic E-state index is 0. The maximum atomic E-state index is 11.9. The van der Waals surface area contributed by atoms with Crippen LogP contribution < -0.4 is 0 Å². The van der Waals surface area contributed by atoms with Crippen molar-refractivity contribution in [3.05, 3.63) is 131 Å². The molecule has 0 aliphatic rings. The molecule has 5 aromatic heterocycles. The van der Waals surface area contributed by atoms with Gasteiger partial charge in [-0.1, -0.05) is 131 Å². The Hall–Kier alpha value is -5.82. The van der Waals surface area contributed by atoms with E-state index in [1.165, 1.54) is 0 Å². The first kappa shape index (κ1) is 54.0. The molecule has 5 heterocycles. The Morgan fingerprint density at radius 1 is 0.458 bits per heavy atom. The van der Waals surface area contributed by atoms with Gasteiger partial charge < -0.3 is 19.3 Å². The molecular formula is C60H64N8O2Pt2-2. The van der Waals surface area contributed by atoms with Crippen LogP contribution in [-0.4, -0.2) is 49.3 Å². The fourth-order valence-electron chi connectivity index (χ4n) is 9.32. The molecule has 0 bridgehead atoms.